The van der Waals surface area contributed by atoms with Crippen molar-refractivity contribution < 1.29 is 18.8 Å². The van der Waals surface area contributed by atoms with E-state index in [9.17, 15) is 13.6 Å². The monoisotopic (exact) mass is 243 g/mol. The molecule has 0 aromatic heterocycles. The second-order valence-corrected chi connectivity index (χ2v) is 3.36. The zero-order valence-electron chi connectivity index (χ0n) is 8.95. The molecule has 1 aromatic rings. The Morgan fingerprint density at radius 2 is 2.12 bits per heavy atom. The molecule has 0 spiro atoms. The lowest BCUT2D eigenvalue weighted by molar-refractivity contribution is -0.117. The first-order chi connectivity index (χ1) is 7.95. The highest BCUT2D eigenvalue weighted by molar-refractivity contribution is 6.07. The standard InChI is InChI=1S/C10H11F2N3O2/c1-5(9(13)15-17)10(16)14-6-2-3-7(11)8(12)4-6/h2-5,17H,1H3,(H2,13,15)(H,14,16). The molecule has 1 amide bonds. The SMILES string of the molecule is CC(C(=O)Nc1ccc(F)c(F)c1)C(N)=NO. The first-order valence-electron chi connectivity index (χ1n) is 4.69. The molecule has 1 rings (SSSR count). The van der Waals surface area contributed by atoms with Gasteiger partial charge in [-0.3, -0.25) is 4.79 Å². The van der Waals surface area contributed by atoms with E-state index in [1.165, 1.54) is 13.0 Å². The van der Waals surface area contributed by atoms with E-state index in [1.807, 2.05) is 0 Å². The Kier molecular flexibility index (Phi) is 3.97. The van der Waals surface area contributed by atoms with Crippen LogP contribution < -0.4 is 11.1 Å². The van der Waals surface area contributed by atoms with Gasteiger partial charge in [-0.15, -0.1) is 0 Å². The van der Waals surface area contributed by atoms with Crippen LogP contribution in [0.25, 0.3) is 0 Å². The number of halogens is 2. The number of benzene rings is 1. The van der Waals surface area contributed by atoms with Crippen molar-refractivity contribution in [2.75, 3.05) is 5.32 Å². The van der Waals surface area contributed by atoms with Crippen molar-refractivity contribution in [1.82, 2.24) is 0 Å². The minimum Gasteiger partial charge on any atom is -0.409 e. The average molecular weight is 243 g/mol. The van der Waals surface area contributed by atoms with Crippen LogP contribution in [-0.2, 0) is 4.79 Å². The lowest BCUT2D eigenvalue weighted by atomic mass is 10.1. The molecule has 0 bridgehead atoms. The number of nitrogens with two attached hydrogens (primary N) is 1. The summed E-state index contributed by atoms with van der Waals surface area (Å²) in [5, 5.41) is 13.4. The number of hydrogen-bond acceptors (Lipinski definition) is 3. The second kappa shape index (κ2) is 5.24. The number of carbonyl (C=O) groups is 1. The smallest absolute Gasteiger partial charge is 0.234 e. The Labute approximate surface area is 95.9 Å². The van der Waals surface area contributed by atoms with E-state index in [0.717, 1.165) is 12.1 Å². The molecule has 1 atom stereocenters. The molecule has 0 aliphatic carbocycles. The topological polar surface area (TPSA) is 87.7 Å². The van der Waals surface area contributed by atoms with Crippen LogP contribution in [-0.4, -0.2) is 17.0 Å². The minimum atomic E-state index is -1.07. The van der Waals surface area contributed by atoms with Crippen molar-refractivity contribution in [2.45, 2.75) is 6.92 Å². The maximum Gasteiger partial charge on any atom is 0.234 e. The molecule has 0 aliphatic heterocycles. The summed E-state index contributed by atoms with van der Waals surface area (Å²) < 4.78 is 25.5. The fourth-order valence-corrected chi connectivity index (χ4v) is 1.05. The minimum absolute atomic E-state index is 0.0893. The Balaban J connectivity index is 2.78. The fraction of sp³-hybridized carbons (Fsp3) is 0.200. The molecule has 0 radical (unpaired) electrons. The highest BCUT2D eigenvalue weighted by Gasteiger charge is 2.18. The van der Waals surface area contributed by atoms with Crippen molar-refractivity contribution in [3.05, 3.63) is 29.8 Å². The van der Waals surface area contributed by atoms with Gasteiger partial charge >= 0.3 is 0 Å². The summed E-state index contributed by atoms with van der Waals surface area (Å²) in [4.78, 5) is 11.5. The third-order valence-corrected chi connectivity index (χ3v) is 2.14. The van der Waals surface area contributed by atoms with Gasteiger partial charge in [0.15, 0.2) is 17.5 Å². The summed E-state index contributed by atoms with van der Waals surface area (Å²) in [7, 11) is 0. The van der Waals surface area contributed by atoms with Crippen molar-refractivity contribution in [1.29, 1.82) is 0 Å². The fourth-order valence-electron chi connectivity index (χ4n) is 1.05. The lowest BCUT2D eigenvalue weighted by Gasteiger charge is -2.10. The largest absolute Gasteiger partial charge is 0.409 e. The summed E-state index contributed by atoms with van der Waals surface area (Å²) in [5.41, 5.74) is 5.32. The van der Waals surface area contributed by atoms with Crippen LogP contribution >= 0.6 is 0 Å². The van der Waals surface area contributed by atoms with Gasteiger partial charge in [0.25, 0.3) is 0 Å². The molecule has 0 fully saturated rings. The molecule has 7 heteroatoms. The van der Waals surface area contributed by atoms with Crippen LogP contribution in [0.15, 0.2) is 23.4 Å². The van der Waals surface area contributed by atoms with Crippen molar-refractivity contribution in [2.24, 2.45) is 16.8 Å². The molecular formula is C10H11F2N3O2. The van der Waals surface area contributed by atoms with Crippen LogP contribution in [0.4, 0.5) is 14.5 Å². The summed E-state index contributed by atoms with van der Waals surface area (Å²) in [6.45, 7) is 1.41. The Hall–Kier alpha value is -2.18. The normalized spacial score (nSPS) is 13.2. The Bertz CT molecular complexity index is 463. The molecule has 0 saturated heterocycles. The third kappa shape index (κ3) is 3.13. The van der Waals surface area contributed by atoms with Gasteiger partial charge in [-0.2, -0.15) is 0 Å². The number of nitrogens with zero attached hydrogens (tertiary/aromatic N) is 1. The highest BCUT2D eigenvalue weighted by atomic mass is 19.2. The summed E-state index contributed by atoms with van der Waals surface area (Å²) in [6.07, 6.45) is 0. The molecule has 1 aromatic carbocycles. The maximum absolute atomic E-state index is 12.8. The van der Waals surface area contributed by atoms with E-state index < -0.39 is 23.5 Å². The van der Waals surface area contributed by atoms with E-state index >= 15 is 0 Å². The second-order valence-electron chi connectivity index (χ2n) is 3.36. The van der Waals surface area contributed by atoms with Crippen LogP contribution in [0.3, 0.4) is 0 Å². The van der Waals surface area contributed by atoms with Gasteiger partial charge in [-0.05, 0) is 19.1 Å². The molecule has 4 N–H and O–H groups in total. The quantitative estimate of drug-likeness (QED) is 0.323. The first kappa shape index (κ1) is 12.9. The molecular weight excluding hydrogens is 232 g/mol. The number of oxime groups is 1. The summed E-state index contributed by atoms with van der Waals surface area (Å²) in [6, 6.07) is 2.93. The number of hydrogen-bond donors (Lipinski definition) is 3. The molecule has 0 aliphatic rings. The molecule has 0 heterocycles. The number of carbonyl (C=O) groups excluding carboxylic acids is 1. The predicted octanol–water partition coefficient (Wildman–Crippen LogP) is 1.29. The number of nitrogens with one attached hydrogen (secondary N) is 1. The molecule has 17 heavy (non-hydrogen) atoms. The van der Waals surface area contributed by atoms with E-state index in [4.69, 9.17) is 10.9 Å². The van der Waals surface area contributed by atoms with Crippen LogP contribution in [0.5, 0.6) is 0 Å². The van der Waals surface area contributed by atoms with E-state index in [1.54, 1.807) is 0 Å². The van der Waals surface area contributed by atoms with Gasteiger partial charge < -0.3 is 16.3 Å². The zero-order chi connectivity index (χ0) is 13.0. The van der Waals surface area contributed by atoms with Crippen molar-refractivity contribution in [3.63, 3.8) is 0 Å². The number of amidine groups is 1. The lowest BCUT2D eigenvalue weighted by Crippen LogP contribution is -2.32. The zero-order valence-corrected chi connectivity index (χ0v) is 8.95. The molecule has 1 unspecified atom stereocenters. The van der Waals surface area contributed by atoms with E-state index in [0.29, 0.717) is 0 Å². The van der Waals surface area contributed by atoms with Crippen molar-refractivity contribution >= 4 is 17.4 Å². The molecule has 5 nitrogen and oxygen atoms in total. The predicted molar refractivity (Wildman–Crippen MR) is 57.6 cm³/mol. The van der Waals surface area contributed by atoms with Crippen LogP contribution in [0, 0.1) is 17.6 Å². The number of amides is 1. The van der Waals surface area contributed by atoms with E-state index in [-0.39, 0.29) is 11.5 Å². The highest BCUT2D eigenvalue weighted by Crippen LogP contribution is 2.14. The molecule has 92 valence electrons. The number of anilines is 1. The van der Waals surface area contributed by atoms with Crippen LogP contribution in [0.2, 0.25) is 0 Å². The van der Waals surface area contributed by atoms with Gasteiger partial charge in [0.2, 0.25) is 5.91 Å². The number of rotatable bonds is 3. The van der Waals surface area contributed by atoms with Crippen molar-refractivity contribution in [3.8, 4) is 0 Å². The average Bonchev–Trinajstić information content (AvgIpc) is 2.31. The first-order valence-corrected chi connectivity index (χ1v) is 4.69. The van der Waals surface area contributed by atoms with Gasteiger partial charge in [0.05, 0.1) is 5.92 Å². The van der Waals surface area contributed by atoms with Gasteiger partial charge in [-0.25, -0.2) is 8.78 Å². The summed E-state index contributed by atoms with van der Waals surface area (Å²) >= 11 is 0. The van der Waals surface area contributed by atoms with Gasteiger partial charge in [0.1, 0.15) is 0 Å². The molecule has 0 saturated carbocycles. The van der Waals surface area contributed by atoms with Crippen LogP contribution in [0.1, 0.15) is 6.92 Å². The maximum atomic E-state index is 12.8. The summed E-state index contributed by atoms with van der Waals surface area (Å²) in [5.74, 6) is -3.82. The Morgan fingerprint density at radius 1 is 1.47 bits per heavy atom. The van der Waals surface area contributed by atoms with Gasteiger partial charge in [-0.1, -0.05) is 5.16 Å². The van der Waals surface area contributed by atoms with E-state index in [2.05, 4.69) is 10.5 Å². The third-order valence-electron chi connectivity index (χ3n) is 2.14. The van der Waals surface area contributed by atoms with Gasteiger partial charge in [0, 0.05) is 11.8 Å². The Morgan fingerprint density at radius 3 is 2.65 bits per heavy atom.